The fourth-order valence-electron chi connectivity index (χ4n) is 4.67. The van der Waals surface area contributed by atoms with Crippen LogP contribution in [0.1, 0.15) is 50.9 Å². The molecule has 2 aromatic heterocycles. The summed E-state index contributed by atoms with van der Waals surface area (Å²) in [4.78, 5) is 24.4. The Morgan fingerprint density at radius 3 is 2.74 bits per heavy atom. The van der Waals surface area contributed by atoms with Gasteiger partial charge in [0.2, 0.25) is 5.43 Å². The van der Waals surface area contributed by atoms with Gasteiger partial charge in [-0.15, -0.1) is 0 Å². The Kier molecular flexibility index (Phi) is 8.23. The van der Waals surface area contributed by atoms with Crippen molar-refractivity contribution in [3.63, 3.8) is 0 Å². The molecule has 5 rings (SSSR count). The van der Waals surface area contributed by atoms with Crippen LogP contribution in [0.3, 0.4) is 0 Å². The van der Waals surface area contributed by atoms with E-state index in [0.29, 0.717) is 60.0 Å². The molecule has 1 atom stereocenters. The third kappa shape index (κ3) is 6.28. The predicted molar refractivity (Wildman–Crippen MR) is 152 cm³/mol. The molecule has 9 heteroatoms. The summed E-state index contributed by atoms with van der Waals surface area (Å²) < 4.78 is 16.0. The molecule has 0 bridgehead atoms. The summed E-state index contributed by atoms with van der Waals surface area (Å²) in [6.07, 6.45) is 4.01. The summed E-state index contributed by atoms with van der Waals surface area (Å²) in [5, 5.41) is 15.8. The molecule has 0 spiro atoms. The zero-order valence-corrected chi connectivity index (χ0v) is 23.1. The van der Waals surface area contributed by atoms with Gasteiger partial charge in [-0.1, -0.05) is 44.0 Å². The van der Waals surface area contributed by atoms with E-state index < -0.39 is 12.4 Å². The Bertz CT molecular complexity index is 1560. The van der Waals surface area contributed by atoms with Gasteiger partial charge in [0.15, 0.2) is 0 Å². The van der Waals surface area contributed by atoms with Crippen molar-refractivity contribution in [2.75, 3.05) is 13.2 Å². The molecule has 1 N–H and O–H groups in total. The van der Waals surface area contributed by atoms with Gasteiger partial charge in [0, 0.05) is 29.1 Å². The zero-order valence-electron chi connectivity index (χ0n) is 22.4. The third-order valence-corrected chi connectivity index (χ3v) is 7.74. The lowest BCUT2D eigenvalue weighted by atomic mass is 10.1. The van der Waals surface area contributed by atoms with Crippen LogP contribution in [0.4, 0.5) is 0 Å². The second-order valence-corrected chi connectivity index (χ2v) is 10.9. The molecular formula is C30H34ClN3O5. The number of aromatic nitrogens is 3. The molecule has 1 aliphatic rings. The monoisotopic (exact) mass is 551 g/mol. The zero-order chi connectivity index (χ0) is 27.5. The number of para-hydroxylation sites is 1. The fourth-order valence-corrected chi connectivity index (χ4v) is 4.90. The van der Waals surface area contributed by atoms with Gasteiger partial charge in [-0.3, -0.25) is 14.3 Å². The fraction of sp³-hybridized carbons (Fsp3) is 0.433. The van der Waals surface area contributed by atoms with Crippen LogP contribution >= 0.6 is 11.6 Å². The Balaban J connectivity index is 1.54. The lowest BCUT2D eigenvalue weighted by Gasteiger charge is -2.16. The summed E-state index contributed by atoms with van der Waals surface area (Å²) in [7, 11) is 0. The molecule has 0 saturated heterocycles. The van der Waals surface area contributed by atoms with Crippen LogP contribution < -0.4 is 10.2 Å². The van der Waals surface area contributed by atoms with Crippen molar-refractivity contribution in [2.24, 2.45) is 11.8 Å². The first-order chi connectivity index (χ1) is 18.8. The number of carboxylic acid groups (broad SMARTS) is 1. The molecule has 0 amide bonds. The summed E-state index contributed by atoms with van der Waals surface area (Å²) in [6, 6.07) is 13.1. The molecule has 1 saturated carbocycles. The van der Waals surface area contributed by atoms with Crippen molar-refractivity contribution >= 4 is 39.4 Å². The van der Waals surface area contributed by atoms with Gasteiger partial charge < -0.3 is 19.1 Å². The van der Waals surface area contributed by atoms with E-state index in [4.69, 9.17) is 21.1 Å². The summed E-state index contributed by atoms with van der Waals surface area (Å²) in [5.41, 5.74) is 2.11. The number of carbonyl (C=O) groups is 1. The van der Waals surface area contributed by atoms with Crippen LogP contribution in [0.5, 0.6) is 5.75 Å². The number of nitrogens with zero attached hydrogens (tertiary/aromatic N) is 3. The van der Waals surface area contributed by atoms with Gasteiger partial charge in [0.1, 0.15) is 18.2 Å². The van der Waals surface area contributed by atoms with Gasteiger partial charge in [-0.05, 0) is 55.4 Å². The largest absolute Gasteiger partial charge is 0.492 e. The highest BCUT2D eigenvalue weighted by Gasteiger charge is 2.23. The Morgan fingerprint density at radius 1 is 1.21 bits per heavy atom. The van der Waals surface area contributed by atoms with E-state index in [9.17, 15) is 14.7 Å². The summed E-state index contributed by atoms with van der Waals surface area (Å²) in [5.74, 6) is 0.732. The molecule has 0 unspecified atom stereocenters. The quantitative estimate of drug-likeness (QED) is 0.208. The average Bonchev–Trinajstić information content (AvgIpc) is 3.69. The van der Waals surface area contributed by atoms with Crippen LogP contribution in [0.2, 0.25) is 5.02 Å². The molecule has 206 valence electrons. The number of benzene rings is 2. The first-order valence-corrected chi connectivity index (χ1v) is 13.9. The van der Waals surface area contributed by atoms with Crippen molar-refractivity contribution < 1.29 is 19.4 Å². The SMILES string of the molecule is CC[C@H](C)CCOCn1c(Cn2nc(CC(=O)O)c(=O)c3ccccc32)cc2cc(Cl)c(OCC3CC3)cc21. The number of aliphatic carboxylic acids is 1. The number of halogens is 1. The summed E-state index contributed by atoms with van der Waals surface area (Å²) >= 11 is 6.60. The molecular weight excluding hydrogens is 518 g/mol. The van der Waals surface area contributed by atoms with Crippen LogP contribution in [0.15, 0.2) is 47.3 Å². The minimum absolute atomic E-state index is 0.00692. The Labute approximate surface area is 232 Å². The number of hydrogen-bond acceptors (Lipinski definition) is 5. The van der Waals surface area contributed by atoms with E-state index in [0.717, 1.165) is 29.4 Å². The number of ether oxygens (including phenoxy) is 2. The second kappa shape index (κ2) is 11.8. The minimum Gasteiger partial charge on any atom is -0.492 e. The van der Waals surface area contributed by atoms with E-state index in [-0.39, 0.29) is 11.1 Å². The molecule has 1 aliphatic carbocycles. The predicted octanol–water partition coefficient (Wildman–Crippen LogP) is 5.88. The van der Waals surface area contributed by atoms with E-state index >= 15 is 0 Å². The maximum Gasteiger partial charge on any atom is 0.309 e. The maximum atomic E-state index is 12.9. The van der Waals surface area contributed by atoms with Crippen LogP contribution in [0, 0.1) is 11.8 Å². The molecule has 8 nitrogen and oxygen atoms in total. The minimum atomic E-state index is -1.10. The van der Waals surface area contributed by atoms with Crippen LogP contribution in [-0.4, -0.2) is 38.6 Å². The maximum absolute atomic E-state index is 12.9. The molecule has 4 aromatic rings. The molecule has 1 fully saturated rings. The summed E-state index contributed by atoms with van der Waals surface area (Å²) in [6.45, 7) is 6.33. The lowest BCUT2D eigenvalue weighted by Crippen LogP contribution is -2.23. The Morgan fingerprint density at radius 2 is 2.00 bits per heavy atom. The standard InChI is InChI=1S/C30H34ClN3O5/c1-3-19(2)10-11-38-18-33-22(12-21-13-24(31)28(15-27(21)33)39-17-20-8-9-20)16-34-26-7-5-4-6-23(26)30(37)25(32-34)14-29(35)36/h4-7,12-13,15,19-20H,3,8-11,14,16-18H2,1-2H3,(H,35,36)/t19-/m0/s1. The topological polar surface area (TPSA) is 95.6 Å². The van der Waals surface area contributed by atoms with E-state index in [2.05, 4.69) is 23.5 Å². The third-order valence-electron chi connectivity index (χ3n) is 7.45. The smallest absolute Gasteiger partial charge is 0.309 e. The van der Waals surface area contributed by atoms with E-state index in [1.165, 1.54) is 12.8 Å². The van der Waals surface area contributed by atoms with Gasteiger partial charge >= 0.3 is 5.97 Å². The van der Waals surface area contributed by atoms with Crippen LogP contribution in [0.25, 0.3) is 21.8 Å². The van der Waals surface area contributed by atoms with Gasteiger partial charge in [-0.25, -0.2) is 0 Å². The molecule has 39 heavy (non-hydrogen) atoms. The van der Waals surface area contributed by atoms with Crippen molar-refractivity contribution in [3.05, 3.63) is 69.1 Å². The highest BCUT2D eigenvalue weighted by molar-refractivity contribution is 6.32. The first kappa shape index (κ1) is 27.2. The Hall–Kier alpha value is -3.36. The normalized spacial score (nSPS) is 14.2. The van der Waals surface area contributed by atoms with Crippen molar-refractivity contribution in [3.8, 4) is 5.75 Å². The van der Waals surface area contributed by atoms with E-state index in [1.54, 1.807) is 16.8 Å². The average molecular weight is 552 g/mol. The van der Waals surface area contributed by atoms with Gasteiger partial charge in [0.25, 0.3) is 0 Å². The molecule has 0 radical (unpaired) electrons. The lowest BCUT2D eigenvalue weighted by molar-refractivity contribution is -0.136. The van der Waals surface area contributed by atoms with Gasteiger partial charge in [0.05, 0.1) is 35.6 Å². The molecule has 0 aliphatic heterocycles. The second-order valence-electron chi connectivity index (χ2n) is 10.5. The van der Waals surface area contributed by atoms with Gasteiger partial charge in [-0.2, -0.15) is 5.10 Å². The van der Waals surface area contributed by atoms with Crippen molar-refractivity contribution in [1.82, 2.24) is 14.3 Å². The van der Waals surface area contributed by atoms with Crippen molar-refractivity contribution in [2.45, 2.75) is 59.2 Å². The van der Waals surface area contributed by atoms with Crippen molar-refractivity contribution in [1.29, 1.82) is 0 Å². The molecule has 2 heterocycles. The van der Waals surface area contributed by atoms with E-state index in [1.807, 2.05) is 30.3 Å². The first-order valence-electron chi connectivity index (χ1n) is 13.6. The molecule has 2 aromatic carbocycles. The number of fused-ring (bicyclic) bond motifs is 2. The number of rotatable bonds is 13. The highest BCUT2D eigenvalue weighted by atomic mass is 35.5. The van der Waals surface area contributed by atoms with Crippen LogP contribution in [-0.2, 0) is 29.2 Å². The highest BCUT2D eigenvalue weighted by Crippen LogP contribution is 2.35. The number of carboxylic acids is 1. The number of hydrogen-bond donors (Lipinski definition) is 1.